The Labute approximate surface area is 392 Å². The lowest BCUT2D eigenvalue weighted by molar-refractivity contribution is -0.304. The van der Waals surface area contributed by atoms with E-state index in [9.17, 15) is 30.0 Å². The molecule has 0 aromatic carbocycles. The molecule has 4 heterocycles. The number of hydrogen-bond donors (Lipinski definition) is 7. The monoisotopic (exact) mass is 967 g/mol. The Morgan fingerprint density at radius 2 is 1.39 bits per heavy atom. The van der Waals surface area contributed by atoms with Crippen LogP contribution < -0.4 is 0 Å². The van der Waals surface area contributed by atoms with Crippen LogP contribution in [0.4, 0.5) is 0 Å². The van der Waals surface area contributed by atoms with E-state index in [1.54, 1.807) is 45.0 Å². The number of ether oxygens (including phenoxy) is 7. The van der Waals surface area contributed by atoms with Crippen molar-refractivity contribution in [2.45, 2.75) is 167 Å². The maximum absolute atomic E-state index is 14.0. The number of aliphatic hydroxyl groups excluding tert-OH is 4. The number of ketones is 1. The van der Waals surface area contributed by atoms with Gasteiger partial charge in [0.1, 0.15) is 30.5 Å². The van der Waals surface area contributed by atoms with Crippen molar-refractivity contribution in [2.75, 3.05) is 54.6 Å². The summed E-state index contributed by atoms with van der Waals surface area (Å²) >= 11 is 0. The Morgan fingerprint density at radius 1 is 0.818 bits per heavy atom. The second-order valence-corrected chi connectivity index (χ2v) is 20.5. The van der Waals surface area contributed by atoms with E-state index in [1.165, 1.54) is 20.6 Å². The standard InChI is InChI=1S/C46H80N2O13.H3O4P/c1-13-36-33(24-57-46-44(56-12)43(55-11)40(53)31(8)59-46)19-25(2)14-15-34(49)28(5)20-32(16-17-48-22-26(3)18-27(4)23-48)42(29(6)35(50)21-37(51)60-36)61-45-41(54)38(47(9)10)39(52)30(7)58-45;1-5(2,3)4/h14-15,19,26-33,35-36,38-46,50,52-54H,13,16-18,20-24H2,1-12H3;(H3,1,2,3,4)/b15-14+,25-19+;/t26-,27+,28-,29+,30-,31-,32+,33-,35-,36-,38+,39-,40-,41-,42-,43-,44-,45+,46?;/m1./s1. The smallest absolute Gasteiger partial charge is 0.462 e. The van der Waals surface area contributed by atoms with Gasteiger partial charge in [-0.25, -0.2) is 4.57 Å². The van der Waals surface area contributed by atoms with Crippen molar-refractivity contribution in [1.29, 1.82) is 0 Å². The van der Waals surface area contributed by atoms with Crippen LogP contribution in [0.5, 0.6) is 0 Å². The van der Waals surface area contributed by atoms with Crippen LogP contribution in [-0.2, 0) is 47.3 Å². The normalized spacial score (nSPS) is 41.9. The summed E-state index contributed by atoms with van der Waals surface area (Å²) in [7, 11) is 1.90. The third-order valence-corrected chi connectivity index (χ3v) is 13.5. The van der Waals surface area contributed by atoms with Crippen molar-refractivity contribution in [3.8, 4) is 0 Å². The molecule has 4 aliphatic rings. The lowest BCUT2D eigenvalue weighted by Crippen LogP contribution is -2.63. The maximum Gasteiger partial charge on any atom is 0.466 e. The second-order valence-electron chi connectivity index (χ2n) is 19.5. The number of carbonyl (C=O) groups is 2. The van der Waals surface area contributed by atoms with E-state index in [4.69, 9.17) is 52.4 Å². The number of methoxy groups -OCH3 is 2. The van der Waals surface area contributed by atoms with Gasteiger partial charge in [0.2, 0.25) is 0 Å². The molecule has 0 aromatic heterocycles. The number of nitrogens with zero attached hydrogens (tertiary/aromatic N) is 2. The number of hydrogen-bond acceptors (Lipinski definition) is 16. The summed E-state index contributed by atoms with van der Waals surface area (Å²) in [5.74, 6) is -1.46. The van der Waals surface area contributed by atoms with Crippen LogP contribution in [0.1, 0.15) is 87.5 Å². The van der Waals surface area contributed by atoms with E-state index in [-0.39, 0.29) is 24.7 Å². The topological polar surface area (TPSA) is 264 Å². The Hall–Kier alpha value is -1.75. The quantitative estimate of drug-likeness (QED) is 0.109. The number of likely N-dealkylation sites (N-methyl/N-ethyl adjacent to an activating group) is 1. The largest absolute Gasteiger partial charge is 0.466 e. The fourth-order valence-electron chi connectivity index (χ4n) is 10.0. The van der Waals surface area contributed by atoms with Crippen LogP contribution in [0, 0.1) is 35.5 Å². The van der Waals surface area contributed by atoms with Crippen molar-refractivity contribution in [3.63, 3.8) is 0 Å². The van der Waals surface area contributed by atoms with Crippen LogP contribution in [0.15, 0.2) is 23.8 Å². The second kappa shape index (κ2) is 27.0. The average molecular weight is 967 g/mol. The first-order valence-electron chi connectivity index (χ1n) is 23.4. The summed E-state index contributed by atoms with van der Waals surface area (Å²) < 4.78 is 51.5. The van der Waals surface area contributed by atoms with Gasteiger partial charge in [-0.05, 0) is 90.9 Å². The molecule has 0 saturated carbocycles. The van der Waals surface area contributed by atoms with E-state index in [0.29, 0.717) is 31.1 Å². The number of phosphoric acid groups is 1. The zero-order valence-corrected chi connectivity index (χ0v) is 42.0. The van der Waals surface area contributed by atoms with Gasteiger partial charge in [-0.3, -0.25) is 9.59 Å². The molecule has 19 nitrogen and oxygen atoms in total. The van der Waals surface area contributed by atoms with Crippen LogP contribution >= 0.6 is 7.82 Å². The minimum absolute atomic E-state index is 0.0427. The predicted octanol–water partition coefficient (Wildman–Crippen LogP) is 2.41. The highest BCUT2D eigenvalue weighted by Crippen LogP contribution is 2.36. The molecule has 0 aromatic rings. The van der Waals surface area contributed by atoms with Gasteiger partial charge in [-0.2, -0.15) is 0 Å². The average Bonchev–Trinajstić information content (AvgIpc) is 3.22. The Balaban J connectivity index is 0.00000219. The number of cyclic esters (lactones) is 1. The van der Waals surface area contributed by atoms with Crippen LogP contribution in [0.25, 0.3) is 0 Å². The van der Waals surface area contributed by atoms with Crippen LogP contribution in [-0.4, -0.2) is 191 Å². The summed E-state index contributed by atoms with van der Waals surface area (Å²) in [6.07, 6.45) is -2.96. The minimum atomic E-state index is -4.64. The lowest BCUT2D eigenvalue weighted by atomic mass is 9.79. The lowest BCUT2D eigenvalue weighted by Gasteiger charge is -2.47. The van der Waals surface area contributed by atoms with Crippen molar-refractivity contribution in [3.05, 3.63) is 23.8 Å². The molecule has 0 radical (unpaired) electrons. The molecule has 3 saturated heterocycles. The van der Waals surface area contributed by atoms with Crippen molar-refractivity contribution < 1.29 is 82.4 Å². The zero-order valence-electron chi connectivity index (χ0n) is 41.1. The first-order chi connectivity index (χ1) is 30.8. The molecule has 1 unspecified atom stereocenters. The Bertz CT molecular complexity index is 1580. The third kappa shape index (κ3) is 17.6. The van der Waals surface area contributed by atoms with E-state index >= 15 is 0 Å². The molecule has 384 valence electrons. The molecular weight excluding hydrogens is 883 g/mol. The van der Waals surface area contributed by atoms with Gasteiger partial charge in [0.25, 0.3) is 0 Å². The first kappa shape index (κ1) is 58.6. The highest BCUT2D eigenvalue weighted by atomic mass is 31.2. The minimum Gasteiger partial charge on any atom is -0.462 e. The highest BCUT2D eigenvalue weighted by molar-refractivity contribution is 7.45. The molecule has 4 rings (SSSR count). The molecule has 0 bridgehead atoms. The molecule has 66 heavy (non-hydrogen) atoms. The van der Waals surface area contributed by atoms with Crippen LogP contribution in [0.3, 0.4) is 0 Å². The summed E-state index contributed by atoms with van der Waals surface area (Å²) in [6, 6.07) is -0.684. The first-order valence-corrected chi connectivity index (χ1v) is 25.0. The number of piperidine rings is 1. The molecule has 4 aliphatic heterocycles. The molecule has 3 fully saturated rings. The summed E-state index contributed by atoms with van der Waals surface area (Å²) in [5, 5.41) is 45.3. The van der Waals surface area contributed by atoms with Gasteiger partial charge in [-0.15, -0.1) is 0 Å². The van der Waals surface area contributed by atoms with Gasteiger partial charge < -0.3 is 78.1 Å². The van der Waals surface area contributed by atoms with Gasteiger partial charge in [0, 0.05) is 45.1 Å². The predicted molar refractivity (Wildman–Crippen MR) is 243 cm³/mol. The van der Waals surface area contributed by atoms with Crippen LogP contribution in [0.2, 0.25) is 0 Å². The number of aliphatic hydroxyl groups is 4. The van der Waals surface area contributed by atoms with E-state index < -0.39 is 111 Å². The molecule has 20 heteroatoms. The van der Waals surface area contributed by atoms with E-state index in [0.717, 1.165) is 25.2 Å². The van der Waals surface area contributed by atoms with Crippen molar-refractivity contribution in [2.24, 2.45) is 35.5 Å². The van der Waals surface area contributed by atoms with Crippen molar-refractivity contribution >= 4 is 19.6 Å². The fraction of sp³-hybridized carbons (Fsp3) is 0.870. The molecule has 7 N–H and O–H groups in total. The summed E-state index contributed by atoms with van der Waals surface area (Å²) in [5.41, 5.74) is 0.761. The number of carbonyl (C=O) groups excluding carboxylic acids is 2. The Kier molecular flexibility index (Phi) is 24.0. The molecule has 0 aliphatic carbocycles. The number of esters is 1. The highest BCUT2D eigenvalue weighted by Gasteiger charge is 2.48. The molecule has 0 spiro atoms. The third-order valence-electron chi connectivity index (χ3n) is 13.5. The zero-order chi connectivity index (χ0) is 49.8. The van der Waals surface area contributed by atoms with Gasteiger partial charge in [0.05, 0.1) is 49.6 Å². The van der Waals surface area contributed by atoms with Crippen molar-refractivity contribution in [1.82, 2.24) is 9.80 Å². The summed E-state index contributed by atoms with van der Waals surface area (Å²) in [4.78, 5) is 53.6. The van der Waals surface area contributed by atoms with E-state index in [2.05, 4.69) is 18.7 Å². The van der Waals surface area contributed by atoms with Gasteiger partial charge in [0.15, 0.2) is 18.4 Å². The Morgan fingerprint density at radius 3 is 1.95 bits per heavy atom. The number of likely N-dealkylation sites (tertiary alicyclic amines) is 1. The fourth-order valence-corrected chi connectivity index (χ4v) is 10.0. The molecule has 19 atom stereocenters. The number of rotatable bonds is 12. The SMILES string of the molecule is CC[C@H]1OC(=O)C[C@@H](O)[C@H](C)[C@@H](O[C@@H]2O[C@H](C)[C@@H](O)[C@H](N(C)C)[C@H]2O)[C@@H](CCN2C[C@H](C)C[C@H](C)C2)C[C@@H](C)C(=O)/C=C/C(C)=C/[C@@H]1COC1O[C@H](C)[C@@H](O)[C@@H](OC)[C@H]1OC.O=P(O)(O)O. The van der Waals surface area contributed by atoms with Gasteiger partial charge in [-0.1, -0.05) is 52.3 Å². The molecule has 0 amide bonds. The van der Waals surface area contributed by atoms with E-state index in [1.807, 2.05) is 33.8 Å². The molecular formula is C46H83N2O17P. The van der Waals surface area contributed by atoms with Gasteiger partial charge >= 0.3 is 13.8 Å². The number of allylic oxidation sites excluding steroid dienone is 3. The summed E-state index contributed by atoms with van der Waals surface area (Å²) in [6.45, 7) is 18.2. The maximum atomic E-state index is 14.0.